The lowest BCUT2D eigenvalue weighted by Crippen LogP contribution is -2.33. The fourth-order valence-corrected chi connectivity index (χ4v) is 3.96. The van der Waals surface area contributed by atoms with Crippen molar-refractivity contribution in [3.63, 3.8) is 0 Å². The highest BCUT2D eigenvalue weighted by Gasteiger charge is 2.12. The van der Waals surface area contributed by atoms with Crippen LogP contribution < -0.4 is 15.7 Å². The molecule has 1 heterocycles. The van der Waals surface area contributed by atoms with Crippen LogP contribution in [0.4, 0.5) is 5.69 Å². The normalized spacial score (nSPS) is 11.3. The summed E-state index contributed by atoms with van der Waals surface area (Å²) < 4.78 is 1.61. The first-order valence-electron chi connectivity index (χ1n) is 9.89. The zero-order chi connectivity index (χ0) is 21.5. The van der Waals surface area contributed by atoms with Crippen molar-refractivity contribution in [2.75, 3.05) is 5.32 Å². The Morgan fingerprint density at radius 3 is 2.06 bits per heavy atom. The number of rotatable bonds is 6. The number of carbonyl (C=O) groups excluding carboxylic acids is 1. The maximum absolute atomic E-state index is 13.0. The molecule has 0 saturated heterocycles. The summed E-state index contributed by atoms with van der Waals surface area (Å²) >= 11 is 1.21. The molecule has 0 atom stereocenters. The van der Waals surface area contributed by atoms with Crippen LogP contribution in [0.15, 0.2) is 107 Å². The molecule has 0 saturated carbocycles. The summed E-state index contributed by atoms with van der Waals surface area (Å²) in [5, 5.41) is 2.84. The van der Waals surface area contributed by atoms with Crippen molar-refractivity contribution in [3.05, 3.63) is 128 Å². The van der Waals surface area contributed by atoms with Gasteiger partial charge in [-0.25, -0.2) is 0 Å². The van der Waals surface area contributed by atoms with Crippen LogP contribution in [-0.4, -0.2) is 10.5 Å². The van der Waals surface area contributed by atoms with Crippen LogP contribution in [0, 0.1) is 0 Å². The Bertz CT molecular complexity index is 1280. The van der Waals surface area contributed by atoms with Gasteiger partial charge in [0.05, 0.1) is 13.1 Å². The van der Waals surface area contributed by atoms with Gasteiger partial charge in [0, 0.05) is 11.8 Å². The highest BCUT2D eigenvalue weighted by molar-refractivity contribution is 7.11. The Hall–Kier alpha value is -3.77. The topological polar surface area (TPSA) is 63.5 Å². The predicted molar refractivity (Wildman–Crippen MR) is 124 cm³/mol. The molecule has 0 aliphatic carbocycles. The molecule has 0 radical (unpaired) electrons. The van der Waals surface area contributed by atoms with E-state index in [0.29, 0.717) is 28.5 Å². The summed E-state index contributed by atoms with van der Waals surface area (Å²) in [5.41, 5.74) is 2.45. The molecule has 3 aromatic carbocycles. The molecule has 0 fully saturated rings. The molecule has 1 N–H and O–H groups in total. The van der Waals surface area contributed by atoms with Crippen LogP contribution in [0.1, 0.15) is 20.8 Å². The van der Waals surface area contributed by atoms with Crippen molar-refractivity contribution in [3.8, 4) is 0 Å². The molecule has 5 nitrogen and oxygen atoms in total. The molecule has 0 aliphatic rings. The average molecular weight is 428 g/mol. The predicted octanol–water partition coefficient (Wildman–Crippen LogP) is 4.31. The minimum absolute atomic E-state index is 0.257. The largest absolute Gasteiger partial charge is 0.321 e. The Morgan fingerprint density at radius 2 is 1.42 bits per heavy atom. The van der Waals surface area contributed by atoms with Gasteiger partial charge in [0.1, 0.15) is 4.88 Å². The molecular formula is C25H21N3O2S. The number of nitrogens with zero attached hydrogens (tertiary/aromatic N) is 2. The highest BCUT2D eigenvalue weighted by Crippen LogP contribution is 2.10. The summed E-state index contributed by atoms with van der Waals surface area (Å²) in [6, 6.07) is 30.1. The number of hydrogen-bond donors (Lipinski definition) is 1. The molecule has 0 aliphatic heterocycles. The van der Waals surface area contributed by atoms with Crippen molar-refractivity contribution in [2.45, 2.75) is 13.1 Å². The van der Waals surface area contributed by atoms with Crippen molar-refractivity contribution in [1.82, 2.24) is 4.57 Å². The van der Waals surface area contributed by atoms with Gasteiger partial charge in [-0.05, 0) is 23.3 Å². The quantitative estimate of drug-likeness (QED) is 0.498. The van der Waals surface area contributed by atoms with Crippen molar-refractivity contribution in [2.24, 2.45) is 4.99 Å². The summed E-state index contributed by atoms with van der Waals surface area (Å²) in [4.78, 5) is 31.3. The maximum atomic E-state index is 13.0. The van der Waals surface area contributed by atoms with E-state index in [2.05, 4.69) is 10.3 Å². The molecular weight excluding hydrogens is 406 g/mol. The van der Waals surface area contributed by atoms with Gasteiger partial charge in [0.2, 0.25) is 0 Å². The minimum Gasteiger partial charge on any atom is -0.321 e. The van der Waals surface area contributed by atoms with Gasteiger partial charge in [-0.2, -0.15) is 0 Å². The third kappa shape index (κ3) is 5.43. The molecule has 1 amide bonds. The second kappa shape index (κ2) is 9.82. The van der Waals surface area contributed by atoms with Crippen LogP contribution in [0.2, 0.25) is 0 Å². The first kappa shape index (κ1) is 20.5. The maximum Gasteiger partial charge on any atom is 0.266 e. The first-order chi connectivity index (χ1) is 15.2. The SMILES string of the molecule is O=C(Nc1ccccc1)c1cc(=O)n(Cc2ccccc2)c(=NCc2ccccc2)s1. The van der Waals surface area contributed by atoms with Gasteiger partial charge in [-0.15, -0.1) is 0 Å². The summed E-state index contributed by atoms with van der Waals surface area (Å²) in [5.74, 6) is -0.323. The van der Waals surface area contributed by atoms with Crippen LogP contribution >= 0.6 is 11.3 Å². The Balaban J connectivity index is 1.72. The van der Waals surface area contributed by atoms with E-state index in [0.717, 1.165) is 11.1 Å². The number of nitrogens with one attached hydrogen (secondary N) is 1. The van der Waals surface area contributed by atoms with E-state index >= 15 is 0 Å². The Morgan fingerprint density at radius 1 is 0.839 bits per heavy atom. The molecule has 154 valence electrons. The lowest BCUT2D eigenvalue weighted by atomic mass is 10.2. The number of hydrogen-bond acceptors (Lipinski definition) is 4. The lowest BCUT2D eigenvalue weighted by molar-refractivity contribution is 0.103. The summed E-state index contributed by atoms with van der Waals surface area (Å²) in [6.45, 7) is 0.819. The lowest BCUT2D eigenvalue weighted by Gasteiger charge is -2.09. The van der Waals surface area contributed by atoms with Crippen LogP contribution in [0.3, 0.4) is 0 Å². The average Bonchev–Trinajstić information content (AvgIpc) is 2.81. The summed E-state index contributed by atoms with van der Waals surface area (Å²) in [6.07, 6.45) is 0. The number of benzene rings is 3. The van der Waals surface area contributed by atoms with Crippen molar-refractivity contribution < 1.29 is 4.79 Å². The molecule has 4 rings (SSSR count). The third-order valence-corrected chi connectivity index (χ3v) is 5.69. The van der Waals surface area contributed by atoms with Gasteiger partial charge in [-0.3, -0.25) is 19.1 Å². The second-order valence-electron chi connectivity index (χ2n) is 6.93. The van der Waals surface area contributed by atoms with E-state index in [4.69, 9.17) is 0 Å². The summed E-state index contributed by atoms with van der Waals surface area (Å²) in [7, 11) is 0. The molecule has 0 bridgehead atoms. The van der Waals surface area contributed by atoms with E-state index in [1.165, 1.54) is 17.4 Å². The van der Waals surface area contributed by atoms with E-state index in [-0.39, 0.29) is 11.5 Å². The second-order valence-corrected chi connectivity index (χ2v) is 7.93. The minimum atomic E-state index is -0.323. The molecule has 0 spiro atoms. The Kier molecular flexibility index (Phi) is 6.50. The zero-order valence-electron chi connectivity index (χ0n) is 16.8. The van der Waals surface area contributed by atoms with Gasteiger partial charge in [-0.1, -0.05) is 90.2 Å². The number of aromatic nitrogens is 1. The number of amides is 1. The third-order valence-electron chi connectivity index (χ3n) is 4.63. The van der Waals surface area contributed by atoms with Crippen LogP contribution in [-0.2, 0) is 13.1 Å². The van der Waals surface area contributed by atoms with E-state index in [1.807, 2.05) is 78.9 Å². The zero-order valence-corrected chi connectivity index (χ0v) is 17.6. The van der Waals surface area contributed by atoms with Crippen LogP contribution in [0.25, 0.3) is 0 Å². The molecule has 1 aromatic heterocycles. The van der Waals surface area contributed by atoms with Crippen molar-refractivity contribution in [1.29, 1.82) is 0 Å². The molecule has 6 heteroatoms. The fourth-order valence-electron chi connectivity index (χ4n) is 3.06. The van der Waals surface area contributed by atoms with Gasteiger partial charge >= 0.3 is 0 Å². The number of anilines is 1. The standard InChI is InChI=1S/C25H21N3O2S/c29-23-16-22(24(30)27-21-14-8-3-9-15-21)31-25(26-17-19-10-4-1-5-11-19)28(23)18-20-12-6-2-7-13-20/h1-16H,17-18H2,(H,27,30). The monoisotopic (exact) mass is 427 g/mol. The van der Waals surface area contributed by atoms with Gasteiger partial charge < -0.3 is 5.32 Å². The van der Waals surface area contributed by atoms with E-state index < -0.39 is 0 Å². The molecule has 4 aromatic rings. The van der Waals surface area contributed by atoms with Crippen LogP contribution in [0.5, 0.6) is 0 Å². The van der Waals surface area contributed by atoms with Gasteiger partial charge in [0.25, 0.3) is 11.5 Å². The number of para-hydroxylation sites is 1. The molecule has 31 heavy (non-hydrogen) atoms. The van der Waals surface area contributed by atoms with Gasteiger partial charge in [0.15, 0.2) is 4.80 Å². The van der Waals surface area contributed by atoms with E-state index in [9.17, 15) is 9.59 Å². The smallest absolute Gasteiger partial charge is 0.266 e. The number of carbonyl (C=O) groups is 1. The van der Waals surface area contributed by atoms with E-state index in [1.54, 1.807) is 16.7 Å². The fraction of sp³-hybridized carbons (Fsp3) is 0.0800. The van der Waals surface area contributed by atoms with Crippen molar-refractivity contribution >= 4 is 22.9 Å². The first-order valence-corrected chi connectivity index (χ1v) is 10.7. The highest BCUT2D eigenvalue weighted by atomic mass is 32.1. The Labute approximate surface area is 184 Å². The molecule has 0 unspecified atom stereocenters.